The molecule has 11 rings (SSSR count). The Balaban J connectivity index is 1.29. The Kier molecular flexibility index (Phi) is 7.53. The Morgan fingerprint density at radius 3 is 0.821 bits per heavy atom. The van der Waals surface area contributed by atoms with Crippen molar-refractivity contribution in [1.82, 2.24) is 9.13 Å². The molecule has 0 unspecified atom stereocenters. The van der Waals surface area contributed by atoms with Gasteiger partial charge in [-0.15, -0.1) is 0 Å². The smallest absolute Gasteiger partial charge is 0.0788 e. The van der Waals surface area contributed by atoms with E-state index in [9.17, 15) is 0 Å². The van der Waals surface area contributed by atoms with Crippen molar-refractivity contribution in [2.24, 2.45) is 0 Å². The maximum absolute atomic E-state index is 2.51. The van der Waals surface area contributed by atoms with Gasteiger partial charge in [-0.2, -0.15) is 0 Å². The highest BCUT2D eigenvalue weighted by Crippen LogP contribution is 2.43. The number of benzene rings is 9. The molecule has 0 amide bonds. The van der Waals surface area contributed by atoms with E-state index in [2.05, 4.69) is 228 Å². The Bertz CT molecular complexity index is 2870. The zero-order chi connectivity index (χ0) is 37.0. The summed E-state index contributed by atoms with van der Waals surface area (Å²) in [6, 6.07) is 79.5. The molecule has 0 saturated carbocycles. The van der Waals surface area contributed by atoms with Gasteiger partial charge in [0.2, 0.25) is 0 Å². The summed E-state index contributed by atoms with van der Waals surface area (Å²) in [6.07, 6.45) is 0. The van der Waals surface area contributed by atoms with Gasteiger partial charge in [-0.1, -0.05) is 170 Å². The van der Waals surface area contributed by atoms with Crippen molar-refractivity contribution in [3.63, 3.8) is 0 Å². The van der Waals surface area contributed by atoms with Gasteiger partial charge in [0.05, 0.1) is 22.1 Å². The molecular weight excluding hydrogens is 677 g/mol. The zero-order valence-electron chi connectivity index (χ0n) is 30.7. The van der Waals surface area contributed by atoms with Crippen LogP contribution < -0.4 is 0 Å². The highest BCUT2D eigenvalue weighted by atomic mass is 15.0. The summed E-state index contributed by atoms with van der Waals surface area (Å²) >= 11 is 0. The summed E-state index contributed by atoms with van der Waals surface area (Å²) in [6.45, 7) is 0. The van der Waals surface area contributed by atoms with Crippen LogP contribution in [0.1, 0.15) is 0 Å². The second kappa shape index (κ2) is 13.2. The molecule has 0 fully saturated rings. The number of rotatable bonds is 6. The summed E-state index contributed by atoms with van der Waals surface area (Å²) in [7, 11) is 0. The number of aromatic nitrogens is 2. The summed E-state index contributed by atoms with van der Waals surface area (Å²) < 4.78 is 5.03. The molecule has 9 aromatic carbocycles. The minimum atomic E-state index is 1.13. The van der Waals surface area contributed by atoms with Crippen LogP contribution in [0.15, 0.2) is 218 Å². The van der Waals surface area contributed by atoms with E-state index < -0.39 is 0 Å². The fourth-order valence-corrected chi connectivity index (χ4v) is 8.71. The van der Waals surface area contributed by atoms with Crippen molar-refractivity contribution >= 4 is 43.6 Å². The SMILES string of the molecule is c1ccc(-c2cc(-c3ccccc3)cc(-n3c4ccccc4c4ccc5c6ccccc6n(-c6cc(-c7ccccc7)cc(-c7ccccc7)c6)c5c43)c2)cc1. The lowest BCUT2D eigenvalue weighted by Gasteiger charge is -2.17. The minimum Gasteiger partial charge on any atom is -0.307 e. The second-order valence-corrected chi connectivity index (χ2v) is 14.6. The van der Waals surface area contributed by atoms with Crippen LogP contribution in [0, 0.1) is 0 Å². The van der Waals surface area contributed by atoms with Gasteiger partial charge in [-0.25, -0.2) is 0 Å². The molecule has 0 N–H and O–H groups in total. The van der Waals surface area contributed by atoms with Gasteiger partial charge in [-0.05, 0) is 93.0 Å². The first kappa shape index (κ1) is 32.0. The third kappa shape index (κ3) is 5.26. The van der Waals surface area contributed by atoms with Gasteiger partial charge in [0, 0.05) is 32.9 Å². The van der Waals surface area contributed by atoms with Crippen molar-refractivity contribution in [2.75, 3.05) is 0 Å². The van der Waals surface area contributed by atoms with E-state index in [1.165, 1.54) is 88.1 Å². The standard InChI is InChI=1S/C54H36N2/c1-5-17-37(18-6-1)41-31-42(38-19-7-2-8-20-38)34-45(33-41)55-51-27-15-13-25-47(51)49-29-30-50-48-26-14-16-28-52(48)56(54(50)53(49)55)46-35-43(39-21-9-3-10-22-39)32-44(36-46)40-23-11-4-12-24-40/h1-36H. The van der Waals surface area contributed by atoms with Gasteiger partial charge >= 0.3 is 0 Å². The highest BCUT2D eigenvalue weighted by molar-refractivity contribution is 6.24. The Morgan fingerprint density at radius 1 is 0.214 bits per heavy atom. The monoisotopic (exact) mass is 712 g/mol. The van der Waals surface area contributed by atoms with Crippen molar-refractivity contribution < 1.29 is 0 Å². The van der Waals surface area contributed by atoms with Gasteiger partial charge in [-0.3, -0.25) is 0 Å². The van der Waals surface area contributed by atoms with Crippen molar-refractivity contribution in [3.8, 4) is 55.9 Å². The lowest BCUT2D eigenvalue weighted by Crippen LogP contribution is -2.00. The Morgan fingerprint density at radius 2 is 0.500 bits per heavy atom. The van der Waals surface area contributed by atoms with E-state index in [1.54, 1.807) is 0 Å². The molecular formula is C54H36N2. The molecule has 2 nitrogen and oxygen atoms in total. The van der Waals surface area contributed by atoms with Crippen LogP contribution in [0.4, 0.5) is 0 Å². The maximum atomic E-state index is 2.51. The largest absolute Gasteiger partial charge is 0.307 e. The van der Waals surface area contributed by atoms with Gasteiger partial charge in [0.1, 0.15) is 0 Å². The summed E-state index contributed by atoms with van der Waals surface area (Å²) in [5.41, 5.74) is 16.5. The number of nitrogens with zero attached hydrogens (tertiary/aromatic N) is 2. The quantitative estimate of drug-likeness (QED) is 0.162. The Hall–Kier alpha value is -7.42. The first-order chi connectivity index (χ1) is 27.8. The van der Waals surface area contributed by atoms with Crippen LogP contribution in [0.25, 0.3) is 99.5 Å². The van der Waals surface area contributed by atoms with E-state index in [-0.39, 0.29) is 0 Å². The molecule has 0 aliphatic rings. The fourth-order valence-electron chi connectivity index (χ4n) is 8.71. The first-order valence-corrected chi connectivity index (χ1v) is 19.3. The van der Waals surface area contributed by atoms with Crippen LogP contribution in [0.2, 0.25) is 0 Å². The average molecular weight is 713 g/mol. The molecule has 2 heteroatoms. The van der Waals surface area contributed by atoms with Gasteiger partial charge in [0.25, 0.3) is 0 Å². The van der Waals surface area contributed by atoms with Crippen LogP contribution in [0.3, 0.4) is 0 Å². The molecule has 2 heterocycles. The maximum Gasteiger partial charge on any atom is 0.0788 e. The van der Waals surface area contributed by atoms with Crippen LogP contribution in [-0.4, -0.2) is 9.13 Å². The summed E-state index contributed by atoms with van der Waals surface area (Å²) in [4.78, 5) is 0. The topological polar surface area (TPSA) is 9.86 Å². The number of hydrogen-bond acceptors (Lipinski definition) is 0. The lowest BCUT2D eigenvalue weighted by atomic mass is 9.97. The molecule has 2 aromatic heterocycles. The third-order valence-electron chi connectivity index (χ3n) is 11.2. The van der Waals surface area contributed by atoms with E-state index in [0.29, 0.717) is 0 Å². The molecule has 0 bridgehead atoms. The van der Waals surface area contributed by atoms with Gasteiger partial charge < -0.3 is 9.13 Å². The summed E-state index contributed by atoms with van der Waals surface area (Å²) in [5.74, 6) is 0. The second-order valence-electron chi connectivity index (χ2n) is 14.6. The van der Waals surface area contributed by atoms with Gasteiger partial charge in [0.15, 0.2) is 0 Å². The third-order valence-corrected chi connectivity index (χ3v) is 11.2. The zero-order valence-corrected chi connectivity index (χ0v) is 30.7. The molecule has 11 aromatic rings. The molecule has 0 spiro atoms. The number of para-hydroxylation sites is 2. The van der Waals surface area contributed by atoms with E-state index in [1.807, 2.05) is 0 Å². The van der Waals surface area contributed by atoms with Crippen molar-refractivity contribution in [1.29, 1.82) is 0 Å². The van der Waals surface area contributed by atoms with Crippen LogP contribution in [-0.2, 0) is 0 Å². The molecule has 0 saturated heterocycles. The summed E-state index contributed by atoms with van der Waals surface area (Å²) in [5, 5.41) is 4.92. The van der Waals surface area contributed by atoms with Crippen LogP contribution in [0.5, 0.6) is 0 Å². The van der Waals surface area contributed by atoms with Crippen molar-refractivity contribution in [2.45, 2.75) is 0 Å². The number of fused-ring (bicyclic) bond motifs is 7. The minimum absolute atomic E-state index is 1.13. The predicted octanol–water partition coefficient (Wildman–Crippen LogP) is 14.5. The molecule has 0 atom stereocenters. The molecule has 0 aliphatic heterocycles. The molecule has 0 radical (unpaired) electrons. The van der Waals surface area contributed by atoms with E-state index in [0.717, 1.165) is 11.4 Å². The predicted molar refractivity (Wildman–Crippen MR) is 237 cm³/mol. The normalized spacial score (nSPS) is 11.6. The van der Waals surface area contributed by atoms with Crippen LogP contribution >= 0.6 is 0 Å². The number of hydrogen-bond donors (Lipinski definition) is 0. The average Bonchev–Trinajstić information content (AvgIpc) is 3.81. The molecule has 0 aliphatic carbocycles. The lowest BCUT2D eigenvalue weighted by molar-refractivity contribution is 1.15. The first-order valence-electron chi connectivity index (χ1n) is 19.3. The van der Waals surface area contributed by atoms with E-state index in [4.69, 9.17) is 0 Å². The molecule has 262 valence electrons. The Labute approximate surface area is 325 Å². The van der Waals surface area contributed by atoms with E-state index >= 15 is 0 Å². The highest BCUT2D eigenvalue weighted by Gasteiger charge is 2.22. The molecule has 56 heavy (non-hydrogen) atoms. The fraction of sp³-hybridized carbons (Fsp3) is 0. The van der Waals surface area contributed by atoms with Crippen molar-refractivity contribution in [3.05, 3.63) is 218 Å².